The van der Waals surface area contributed by atoms with Crippen LogP contribution in [0.2, 0.25) is 0 Å². The molecule has 0 aromatic heterocycles. The number of para-hydroxylation sites is 1. The maximum Gasteiger partial charge on any atom is 0.360 e. The minimum atomic E-state index is -0.935. The van der Waals surface area contributed by atoms with Crippen LogP contribution >= 0.6 is 12.4 Å². The van der Waals surface area contributed by atoms with Gasteiger partial charge in [-0.2, -0.15) is 4.99 Å². The topological polar surface area (TPSA) is 99.0 Å². The zero-order chi connectivity index (χ0) is 19.0. The third kappa shape index (κ3) is 6.46. The standard InChI is InChI=1S/C19H25N3O4.ClH/c1-2-3-4-7-10-22(12-18(24)25)11-17(20-14-22)19(26)21-16-9-6-5-8-15(16)13-23;/h5-6,8-9,11,14,23H,2-4,7,10,12-13H2,1H3,(H-,21,24,25,26);1H/p+1. The molecule has 27 heavy (non-hydrogen) atoms. The number of carboxylic acids is 1. The van der Waals surface area contributed by atoms with Gasteiger partial charge in [0.25, 0.3) is 5.91 Å². The van der Waals surface area contributed by atoms with Gasteiger partial charge in [-0.1, -0.05) is 38.0 Å². The number of nitrogens with one attached hydrogen (secondary N) is 1. The second-order valence-electron chi connectivity index (χ2n) is 6.47. The molecule has 1 heterocycles. The minimum absolute atomic E-state index is 0. The molecule has 1 atom stereocenters. The Morgan fingerprint density at radius 2 is 1.93 bits per heavy atom. The van der Waals surface area contributed by atoms with Crippen molar-refractivity contribution in [3.05, 3.63) is 41.7 Å². The zero-order valence-corrected chi connectivity index (χ0v) is 16.2. The van der Waals surface area contributed by atoms with Crippen molar-refractivity contribution in [2.45, 2.75) is 39.2 Å². The highest BCUT2D eigenvalue weighted by atomic mass is 35.5. The summed E-state index contributed by atoms with van der Waals surface area (Å²) in [5.74, 6) is -1.35. The van der Waals surface area contributed by atoms with E-state index < -0.39 is 11.9 Å². The van der Waals surface area contributed by atoms with Crippen LogP contribution in [0, 0.1) is 0 Å². The number of aliphatic carboxylic acids is 1. The largest absolute Gasteiger partial charge is 0.477 e. The molecular formula is C19H27ClN3O4+. The molecule has 1 aromatic rings. The van der Waals surface area contributed by atoms with Gasteiger partial charge in [-0.15, -0.1) is 12.4 Å². The maximum absolute atomic E-state index is 12.5. The zero-order valence-electron chi connectivity index (χ0n) is 15.4. The summed E-state index contributed by atoms with van der Waals surface area (Å²) in [6.07, 6.45) is 7.22. The molecule has 0 fully saturated rings. The summed E-state index contributed by atoms with van der Waals surface area (Å²) in [6.45, 7) is 2.39. The number of hydrogen-bond acceptors (Lipinski definition) is 4. The minimum Gasteiger partial charge on any atom is -0.477 e. The third-order valence-electron chi connectivity index (χ3n) is 4.33. The van der Waals surface area contributed by atoms with Crippen molar-refractivity contribution >= 4 is 36.3 Å². The Kier molecular flexibility index (Phi) is 9.14. The maximum atomic E-state index is 12.5. The molecule has 8 heteroatoms. The summed E-state index contributed by atoms with van der Waals surface area (Å²) in [4.78, 5) is 27.9. The van der Waals surface area contributed by atoms with E-state index in [9.17, 15) is 19.8 Å². The second-order valence-corrected chi connectivity index (χ2v) is 6.47. The highest BCUT2D eigenvalue weighted by Crippen LogP contribution is 2.21. The number of unbranched alkanes of at least 4 members (excludes halogenated alkanes) is 3. The number of halogens is 1. The molecule has 7 nitrogen and oxygen atoms in total. The number of quaternary nitrogens is 1. The number of amides is 1. The fourth-order valence-electron chi connectivity index (χ4n) is 2.94. The number of carbonyl (C=O) groups is 2. The smallest absolute Gasteiger partial charge is 0.360 e. The lowest BCUT2D eigenvalue weighted by atomic mass is 10.2. The van der Waals surface area contributed by atoms with Gasteiger partial charge < -0.3 is 15.5 Å². The summed E-state index contributed by atoms with van der Waals surface area (Å²) in [5.41, 5.74) is 1.31. The van der Waals surface area contributed by atoms with Crippen LogP contribution in [0.25, 0.3) is 0 Å². The second kappa shape index (κ2) is 10.8. The number of nitrogens with zero attached hydrogens (tertiary/aromatic N) is 2. The lowest BCUT2D eigenvalue weighted by molar-refractivity contribution is -0.771. The van der Waals surface area contributed by atoms with Gasteiger partial charge in [0.1, 0.15) is 6.20 Å². The van der Waals surface area contributed by atoms with Crippen LogP contribution in [0.1, 0.15) is 38.2 Å². The van der Waals surface area contributed by atoms with Gasteiger partial charge in [0.2, 0.25) is 0 Å². The van der Waals surface area contributed by atoms with E-state index >= 15 is 0 Å². The van der Waals surface area contributed by atoms with Crippen LogP contribution in [0.5, 0.6) is 0 Å². The molecule has 1 aliphatic heterocycles. The molecule has 1 aliphatic rings. The summed E-state index contributed by atoms with van der Waals surface area (Å²) < 4.78 is 0.0451. The quantitative estimate of drug-likeness (QED) is 0.418. The van der Waals surface area contributed by atoms with Crippen molar-refractivity contribution in [3.63, 3.8) is 0 Å². The SMILES string of the molecule is CCCCCC[N+]1(CC(=O)O)C=NC(C(=O)Nc2ccccc2CO)=C1.Cl. The molecule has 3 N–H and O–H groups in total. The Bertz CT molecular complexity index is 721. The van der Waals surface area contributed by atoms with E-state index in [4.69, 9.17) is 0 Å². The van der Waals surface area contributed by atoms with Crippen LogP contribution < -0.4 is 5.32 Å². The molecule has 2 rings (SSSR count). The van der Waals surface area contributed by atoms with Crippen molar-refractivity contribution in [1.29, 1.82) is 0 Å². The number of aliphatic hydroxyl groups excluding tert-OH is 1. The van der Waals surface area contributed by atoms with Gasteiger partial charge >= 0.3 is 5.97 Å². The molecule has 1 amide bonds. The van der Waals surface area contributed by atoms with Crippen molar-refractivity contribution in [2.24, 2.45) is 4.99 Å². The first-order valence-electron chi connectivity index (χ1n) is 8.86. The van der Waals surface area contributed by atoms with Crippen molar-refractivity contribution in [3.8, 4) is 0 Å². The molecule has 0 radical (unpaired) electrons. The Balaban J connectivity index is 0.00000364. The highest BCUT2D eigenvalue weighted by Gasteiger charge is 2.34. The fourth-order valence-corrected chi connectivity index (χ4v) is 2.94. The van der Waals surface area contributed by atoms with E-state index in [-0.39, 0.29) is 35.7 Å². The lowest BCUT2D eigenvalue weighted by Gasteiger charge is -2.25. The molecule has 1 unspecified atom stereocenters. The highest BCUT2D eigenvalue weighted by molar-refractivity contribution is 6.05. The number of rotatable bonds is 10. The van der Waals surface area contributed by atoms with E-state index in [0.29, 0.717) is 17.8 Å². The van der Waals surface area contributed by atoms with Crippen LogP contribution in [0.3, 0.4) is 0 Å². The number of aliphatic hydroxyl groups is 1. The van der Waals surface area contributed by atoms with Gasteiger partial charge in [0, 0.05) is 11.3 Å². The lowest BCUT2D eigenvalue weighted by Crippen LogP contribution is -2.44. The summed E-state index contributed by atoms with van der Waals surface area (Å²) in [5, 5.41) is 21.3. The van der Waals surface area contributed by atoms with Crippen LogP contribution in [-0.2, 0) is 16.2 Å². The molecule has 0 spiro atoms. The number of benzene rings is 1. The fraction of sp³-hybridized carbons (Fsp3) is 0.421. The average molecular weight is 397 g/mol. The van der Waals surface area contributed by atoms with Gasteiger partial charge in [0.05, 0.1) is 13.2 Å². The molecule has 0 saturated heterocycles. The van der Waals surface area contributed by atoms with E-state index in [1.54, 1.807) is 30.5 Å². The molecule has 0 saturated carbocycles. The third-order valence-corrected chi connectivity index (χ3v) is 4.33. The summed E-state index contributed by atoms with van der Waals surface area (Å²) >= 11 is 0. The predicted octanol–water partition coefficient (Wildman–Crippen LogP) is 2.90. The Morgan fingerprint density at radius 3 is 2.59 bits per heavy atom. The van der Waals surface area contributed by atoms with Gasteiger partial charge in [-0.3, -0.25) is 4.79 Å². The first kappa shape index (κ1) is 22.8. The molecule has 1 aromatic carbocycles. The van der Waals surface area contributed by atoms with Crippen molar-refractivity contribution < 1.29 is 24.3 Å². The molecule has 0 aliphatic carbocycles. The molecule has 148 valence electrons. The van der Waals surface area contributed by atoms with Crippen molar-refractivity contribution in [2.75, 3.05) is 18.4 Å². The van der Waals surface area contributed by atoms with E-state index in [0.717, 1.165) is 25.7 Å². The van der Waals surface area contributed by atoms with Crippen LogP contribution in [0.15, 0.2) is 41.2 Å². The van der Waals surface area contributed by atoms with Gasteiger partial charge in [-0.25, -0.2) is 9.28 Å². The number of anilines is 1. The monoisotopic (exact) mass is 396 g/mol. The van der Waals surface area contributed by atoms with Crippen molar-refractivity contribution in [1.82, 2.24) is 0 Å². The number of carbonyl (C=O) groups excluding carboxylic acids is 1. The average Bonchev–Trinajstić information content (AvgIpc) is 3.03. The number of carboxylic acid groups (broad SMARTS) is 1. The Hall–Kier alpha value is -2.22. The van der Waals surface area contributed by atoms with Gasteiger partial charge in [0.15, 0.2) is 18.6 Å². The Labute approximate surface area is 165 Å². The van der Waals surface area contributed by atoms with Gasteiger partial charge in [-0.05, 0) is 18.9 Å². The summed E-state index contributed by atoms with van der Waals surface area (Å²) in [7, 11) is 0. The first-order valence-corrected chi connectivity index (χ1v) is 8.86. The number of hydrogen-bond donors (Lipinski definition) is 3. The molecule has 0 bridgehead atoms. The van der Waals surface area contributed by atoms with E-state index in [1.807, 2.05) is 0 Å². The van der Waals surface area contributed by atoms with Crippen LogP contribution in [-0.4, -0.2) is 46.0 Å². The number of aliphatic imine (C=N–C) groups is 1. The first-order chi connectivity index (χ1) is 12.5. The normalized spacial score (nSPS) is 17.9. The van der Waals surface area contributed by atoms with E-state index in [2.05, 4.69) is 17.2 Å². The predicted molar refractivity (Wildman–Crippen MR) is 107 cm³/mol. The van der Waals surface area contributed by atoms with Crippen LogP contribution in [0.4, 0.5) is 5.69 Å². The summed E-state index contributed by atoms with van der Waals surface area (Å²) in [6, 6.07) is 6.96. The Morgan fingerprint density at radius 1 is 1.19 bits per heavy atom. The van der Waals surface area contributed by atoms with E-state index in [1.165, 1.54) is 6.34 Å². The molecular weight excluding hydrogens is 370 g/mol.